The Morgan fingerprint density at radius 2 is 1.78 bits per heavy atom. The van der Waals surface area contributed by atoms with E-state index in [9.17, 15) is 9.59 Å². The predicted molar refractivity (Wildman–Crippen MR) is 104 cm³/mol. The minimum absolute atomic E-state index is 0.00541. The number of benzene rings is 2. The highest BCUT2D eigenvalue weighted by Gasteiger charge is 2.11. The lowest BCUT2D eigenvalue weighted by molar-refractivity contribution is -0.116. The minimum Gasteiger partial charge on any atom is -0.324 e. The first kappa shape index (κ1) is 18.3. The maximum absolute atomic E-state index is 12.2. The Morgan fingerprint density at radius 1 is 1.04 bits per heavy atom. The molecule has 27 heavy (non-hydrogen) atoms. The molecule has 2 N–H and O–H groups in total. The van der Waals surface area contributed by atoms with Crippen LogP contribution in [0.1, 0.15) is 28.4 Å². The van der Waals surface area contributed by atoms with Crippen LogP contribution in [0.3, 0.4) is 0 Å². The largest absolute Gasteiger partial charge is 0.324 e. The van der Waals surface area contributed by atoms with E-state index in [0.717, 1.165) is 23.2 Å². The molecule has 0 spiro atoms. The summed E-state index contributed by atoms with van der Waals surface area (Å²) in [6, 6.07) is 14.9. The number of aryl methyl sites for hydroxylation is 2. The molecule has 0 aliphatic rings. The van der Waals surface area contributed by atoms with Crippen molar-refractivity contribution in [3.8, 4) is 0 Å². The Bertz CT molecular complexity index is 947. The van der Waals surface area contributed by atoms with Crippen LogP contribution in [0.25, 0.3) is 0 Å². The van der Waals surface area contributed by atoms with Gasteiger partial charge in [0, 0.05) is 11.3 Å². The highest BCUT2D eigenvalue weighted by atomic mass is 16.2. The lowest BCUT2D eigenvalue weighted by Crippen LogP contribution is -2.20. The maximum atomic E-state index is 12.2. The lowest BCUT2D eigenvalue weighted by atomic mass is 10.1. The van der Waals surface area contributed by atoms with Gasteiger partial charge in [-0.25, -0.2) is 9.67 Å². The molecule has 0 aliphatic heterocycles. The number of nitrogens with zero attached hydrogens (tertiary/aromatic N) is 3. The third-order valence-electron chi connectivity index (χ3n) is 4.05. The van der Waals surface area contributed by atoms with E-state index in [0.29, 0.717) is 5.56 Å². The van der Waals surface area contributed by atoms with Gasteiger partial charge in [0.05, 0.1) is 0 Å². The molecule has 1 aromatic heterocycles. The van der Waals surface area contributed by atoms with Crippen molar-refractivity contribution in [1.82, 2.24) is 14.8 Å². The first-order chi connectivity index (χ1) is 13.0. The van der Waals surface area contributed by atoms with Crippen LogP contribution >= 0.6 is 0 Å². The lowest BCUT2D eigenvalue weighted by Gasteiger charge is -2.09. The van der Waals surface area contributed by atoms with Crippen LogP contribution in [0.2, 0.25) is 0 Å². The van der Waals surface area contributed by atoms with Crippen LogP contribution in [0, 0.1) is 6.92 Å². The van der Waals surface area contributed by atoms with E-state index in [1.165, 1.54) is 11.0 Å². The Labute approximate surface area is 157 Å². The zero-order valence-corrected chi connectivity index (χ0v) is 15.3. The van der Waals surface area contributed by atoms with E-state index < -0.39 is 0 Å². The van der Waals surface area contributed by atoms with Crippen LogP contribution in [0.5, 0.6) is 0 Å². The topological polar surface area (TPSA) is 88.9 Å². The van der Waals surface area contributed by atoms with Gasteiger partial charge in [-0.2, -0.15) is 0 Å². The Balaban J connectivity index is 1.59. The van der Waals surface area contributed by atoms with E-state index in [-0.39, 0.29) is 24.3 Å². The number of nitrogens with one attached hydrogen (secondary N) is 2. The van der Waals surface area contributed by atoms with E-state index in [4.69, 9.17) is 0 Å². The summed E-state index contributed by atoms with van der Waals surface area (Å²) in [5, 5.41) is 9.63. The minimum atomic E-state index is -0.297. The smallest absolute Gasteiger partial charge is 0.258 e. The van der Waals surface area contributed by atoms with Crippen molar-refractivity contribution in [2.24, 2.45) is 0 Å². The Morgan fingerprint density at radius 3 is 2.52 bits per heavy atom. The van der Waals surface area contributed by atoms with Gasteiger partial charge in [0.2, 0.25) is 11.9 Å². The zero-order chi connectivity index (χ0) is 19.2. The monoisotopic (exact) mass is 363 g/mol. The average molecular weight is 363 g/mol. The average Bonchev–Trinajstić information content (AvgIpc) is 3.09. The van der Waals surface area contributed by atoms with Gasteiger partial charge in [0.1, 0.15) is 12.9 Å². The number of hydrogen-bond donors (Lipinski definition) is 2. The molecule has 0 bridgehead atoms. The second-order valence-corrected chi connectivity index (χ2v) is 6.14. The standard InChI is InChI=1S/C20H21N5O2/c1-3-15-6-4-5-7-17(15)22-18(26)12-25-13-21-20(24-25)23-19(27)16-10-8-14(2)9-11-16/h4-11,13H,3,12H2,1-2H3,(H,22,26)(H,23,24,27). The van der Waals surface area contributed by atoms with E-state index in [1.807, 2.05) is 50.2 Å². The van der Waals surface area contributed by atoms with Crippen LogP contribution in [0.15, 0.2) is 54.9 Å². The second kappa shape index (κ2) is 8.27. The number of anilines is 2. The van der Waals surface area contributed by atoms with Gasteiger partial charge in [-0.05, 0) is 37.1 Å². The molecular weight excluding hydrogens is 342 g/mol. The number of rotatable bonds is 6. The molecule has 138 valence electrons. The summed E-state index contributed by atoms with van der Waals surface area (Å²) < 4.78 is 1.38. The van der Waals surface area contributed by atoms with Crippen molar-refractivity contribution >= 4 is 23.5 Å². The van der Waals surface area contributed by atoms with Crippen LogP contribution in [0.4, 0.5) is 11.6 Å². The van der Waals surface area contributed by atoms with Crippen molar-refractivity contribution in [2.75, 3.05) is 10.6 Å². The highest BCUT2D eigenvalue weighted by Crippen LogP contribution is 2.15. The van der Waals surface area contributed by atoms with Crippen LogP contribution in [-0.2, 0) is 17.8 Å². The Kier molecular flexibility index (Phi) is 5.61. The molecule has 0 saturated carbocycles. The summed E-state index contributed by atoms with van der Waals surface area (Å²) in [6.07, 6.45) is 2.24. The number of aromatic nitrogens is 3. The number of amides is 2. The zero-order valence-electron chi connectivity index (χ0n) is 15.3. The molecule has 7 heteroatoms. The molecule has 0 radical (unpaired) electrons. The maximum Gasteiger partial charge on any atom is 0.258 e. The van der Waals surface area contributed by atoms with Gasteiger partial charge < -0.3 is 5.32 Å². The van der Waals surface area contributed by atoms with Gasteiger partial charge in [0.25, 0.3) is 5.91 Å². The molecule has 2 aromatic carbocycles. The Hall–Kier alpha value is -3.48. The summed E-state index contributed by atoms with van der Waals surface area (Å²) >= 11 is 0. The normalized spacial score (nSPS) is 10.4. The molecule has 0 saturated heterocycles. The molecule has 0 aliphatic carbocycles. The number of carbonyl (C=O) groups is 2. The third-order valence-corrected chi connectivity index (χ3v) is 4.05. The quantitative estimate of drug-likeness (QED) is 0.704. The highest BCUT2D eigenvalue weighted by molar-refractivity contribution is 6.03. The molecule has 3 aromatic rings. The third kappa shape index (κ3) is 4.78. The molecular formula is C20H21N5O2. The summed E-state index contributed by atoms with van der Waals surface area (Å²) in [5.74, 6) is -0.353. The fourth-order valence-electron chi connectivity index (χ4n) is 2.59. The van der Waals surface area contributed by atoms with Crippen molar-refractivity contribution in [3.63, 3.8) is 0 Å². The summed E-state index contributed by atoms with van der Waals surface area (Å²) in [4.78, 5) is 28.5. The summed E-state index contributed by atoms with van der Waals surface area (Å²) in [7, 11) is 0. The molecule has 0 atom stereocenters. The molecule has 3 rings (SSSR count). The van der Waals surface area contributed by atoms with E-state index in [1.54, 1.807) is 12.1 Å². The van der Waals surface area contributed by atoms with Gasteiger partial charge >= 0.3 is 0 Å². The predicted octanol–water partition coefficient (Wildman–Crippen LogP) is 3.04. The van der Waals surface area contributed by atoms with Gasteiger partial charge in [-0.1, -0.05) is 42.8 Å². The van der Waals surface area contributed by atoms with Gasteiger partial charge in [0.15, 0.2) is 0 Å². The first-order valence-corrected chi connectivity index (χ1v) is 8.70. The van der Waals surface area contributed by atoms with Crippen molar-refractivity contribution in [2.45, 2.75) is 26.8 Å². The van der Waals surface area contributed by atoms with Crippen molar-refractivity contribution < 1.29 is 9.59 Å². The summed E-state index contributed by atoms with van der Waals surface area (Å²) in [5.41, 5.74) is 3.45. The summed E-state index contributed by atoms with van der Waals surface area (Å²) in [6.45, 7) is 3.99. The molecule has 0 fully saturated rings. The fourth-order valence-corrected chi connectivity index (χ4v) is 2.59. The number of carbonyl (C=O) groups excluding carboxylic acids is 2. The SMILES string of the molecule is CCc1ccccc1NC(=O)Cn1cnc(NC(=O)c2ccc(C)cc2)n1. The number of hydrogen-bond acceptors (Lipinski definition) is 4. The van der Waals surface area contributed by atoms with Gasteiger partial charge in [-0.3, -0.25) is 14.9 Å². The second-order valence-electron chi connectivity index (χ2n) is 6.14. The molecule has 0 unspecified atom stereocenters. The van der Waals surface area contributed by atoms with E-state index in [2.05, 4.69) is 20.7 Å². The fraction of sp³-hybridized carbons (Fsp3) is 0.200. The van der Waals surface area contributed by atoms with Crippen molar-refractivity contribution in [1.29, 1.82) is 0 Å². The van der Waals surface area contributed by atoms with Gasteiger partial charge in [-0.15, -0.1) is 5.10 Å². The van der Waals surface area contributed by atoms with E-state index >= 15 is 0 Å². The molecule has 2 amide bonds. The first-order valence-electron chi connectivity index (χ1n) is 8.70. The van der Waals surface area contributed by atoms with Crippen LogP contribution < -0.4 is 10.6 Å². The number of para-hydroxylation sites is 1. The molecule has 7 nitrogen and oxygen atoms in total. The van der Waals surface area contributed by atoms with Crippen LogP contribution in [-0.4, -0.2) is 26.6 Å². The van der Waals surface area contributed by atoms with Crippen molar-refractivity contribution in [3.05, 3.63) is 71.5 Å². The molecule has 1 heterocycles.